The maximum absolute atomic E-state index is 13.5. The standard InChI is InChI=1S/C26H29N3O4S/c30-25(28-16-13-26(31,14-17-28)21-8-3-1-4-9-21)20-24-23-12-7-15-27(23)18-19-29(24)34(32,33)22-10-5-2-6-11-22/h1-12,15,24,31H,13-14,16-20H2. The molecule has 1 N–H and O–H groups in total. The fourth-order valence-corrected chi connectivity index (χ4v) is 6.73. The lowest BCUT2D eigenvalue weighted by atomic mass is 9.84. The molecule has 5 rings (SSSR count). The third-order valence-electron chi connectivity index (χ3n) is 7.09. The molecule has 3 heterocycles. The first-order chi connectivity index (χ1) is 16.4. The molecule has 0 aliphatic carbocycles. The summed E-state index contributed by atoms with van der Waals surface area (Å²) < 4.78 is 30.5. The van der Waals surface area contributed by atoms with Crippen LogP contribution in [0.2, 0.25) is 0 Å². The van der Waals surface area contributed by atoms with Gasteiger partial charge in [-0.2, -0.15) is 4.31 Å². The van der Waals surface area contributed by atoms with Gasteiger partial charge in [0.05, 0.1) is 16.5 Å². The molecule has 3 aromatic rings. The van der Waals surface area contributed by atoms with Crippen molar-refractivity contribution in [2.75, 3.05) is 19.6 Å². The maximum Gasteiger partial charge on any atom is 0.243 e. The number of hydrogen-bond acceptors (Lipinski definition) is 4. The SMILES string of the molecule is O=C(CC1c2cccn2CCN1S(=O)(=O)c1ccccc1)N1CCC(O)(c2ccccc2)CC1. The highest BCUT2D eigenvalue weighted by molar-refractivity contribution is 7.89. The van der Waals surface area contributed by atoms with E-state index in [0.717, 1.165) is 11.3 Å². The van der Waals surface area contributed by atoms with Crippen LogP contribution < -0.4 is 0 Å². The number of amides is 1. The Morgan fingerprint density at radius 3 is 2.21 bits per heavy atom. The largest absolute Gasteiger partial charge is 0.385 e. The van der Waals surface area contributed by atoms with Gasteiger partial charge < -0.3 is 14.6 Å². The Balaban J connectivity index is 1.35. The summed E-state index contributed by atoms with van der Waals surface area (Å²) >= 11 is 0. The zero-order valence-electron chi connectivity index (χ0n) is 19.0. The van der Waals surface area contributed by atoms with Gasteiger partial charge in [0.2, 0.25) is 15.9 Å². The topological polar surface area (TPSA) is 82.9 Å². The molecule has 7 nitrogen and oxygen atoms in total. The first-order valence-electron chi connectivity index (χ1n) is 11.7. The van der Waals surface area contributed by atoms with E-state index in [1.54, 1.807) is 35.2 Å². The molecule has 1 saturated heterocycles. The zero-order chi connectivity index (χ0) is 23.8. The second kappa shape index (κ2) is 9.02. The molecule has 1 atom stereocenters. The van der Waals surface area contributed by atoms with Gasteiger partial charge in [0.1, 0.15) is 0 Å². The summed E-state index contributed by atoms with van der Waals surface area (Å²) in [7, 11) is -3.75. The van der Waals surface area contributed by atoms with E-state index < -0.39 is 21.7 Å². The summed E-state index contributed by atoms with van der Waals surface area (Å²) in [5.41, 5.74) is 0.754. The molecule has 2 aliphatic heterocycles. The van der Waals surface area contributed by atoms with E-state index in [2.05, 4.69) is 0 Å². The lowest BCUT2D eigenvalue weighted by Crippen LogP contribution is -2.48. The Labute approximate surface area is 200 Å². The molecular formula is C26H29N3O4S. The van der Waals surface area contributed by atoms with Crippen LogP contribution in [0.1, 0.15) is 36.6 Å². The van der Waals surface area contributed by atoms with Crippen molar-refractivity contribution in [2.24, 2.45) is 0 Å². The molecular weight excluding hydrogens is 450 g/mol. The summed E-state index contributed by atoms with van der Waals surface area (Å²) in [5, 5.41) is 11.1. The summed E-state index contributed by atoms with van der Waals surface area (Å²) in [6.45, 7) is 1.73. The molecule has 0 radical (unpaired) electrons. The number of fused-ring (bicyclic) bond motifs is 1. The van der Waals surface area contributed by atoms with Gasteiger partial charge in [-0.1, -0.05) is 48.5 Å². The van der Waals surface area contributed by atoms with Crippen LogP contribution in [0.3, 0.4) is 0 Å². The van der Waals surface area contributed by atoms with Gasteiger partial charge in [-0.3, -0.25) is 4.79 Å². The number of aromatic nitrogens is 1. The first kappa shape index (κ1) is 22.8. The molecule has 0 bridgehead atoms. The van der Waals surface area contributed by atoms with Crippen molar-refractivity contribution in [3.05, 3.63) is 90.3 Å². The Morgan fingerprint density at radius 1 is 0.882 bits per heavy atom. The molecule has 1 fully saturated rings. The average Bonchev–Trinajstić information content (AvgIpc) is 3.35. The lowest BCUT2D eigenvalue weighted by molar-refractivity contribution is -0.137. The first-order valence-corrected chi connectivity index (χ1v) is 13.1. The highest BCUT2D eigenvalue weighted by atomic mass is 32.2. The smallest absolute Gasteiger partial charge is 0.243 e. The van der Waals surface area contributed by atoms with Gasteiger partial charge in [0.15, 0.2) is 0 Å². The number of nitrogens with zero attached hydrogens (tertiary/aromatic N) is 3. The van der Waals surface area contributed by atoms with Crippen molar-refractivity contribution in [3.63, 3.8) is 0 Å². The number of piperidine rings is 1. The number of hydrogen-bond donors (Lipinski definition) is 1. The molecule has 0 saturated carbocycles. The monoisotopic (exact) mass is 479 g/mol. The molecule has 1 aromatic heterocycles. The second-order valence-electron chi connectivity index (χ2n) is 9.05. The van der Waals surface area contributed by atoms with Gasteiger partial charge >= 0.3 is 0 Å². The van der Waals surface area contributed by atoms with Crippen LogP contribution in [0.4, 0.5) is 0 Å². The Bertz CT molecular complexity index is 1250. The third-order valence-corrected chi connectivity index (χ3v) is 9.01. The van der Waals surface area contributed by atoms with Crippen LogP contribution in [0.5, 0.6) is 0 Å². The Kier molecular flexibility index (Phi) is 6.06. The molecule has 178 valence electrons. The van der Waals surface area contributed by atoms with E-state index in [-0.39, 0.29) is 17.2 Å². The maximum atomic E-state index is 13.5. The summed E-state index contributed by atoms with van der Waals surface area (Å²) in [6.07, 6.45) is 2.91. The molecule has 34 heavy (non-hydrogen) atoms. The highest BCUT2D eigenvalue weighted by Gasteiger charge is 2.40. The molecule has 2 aromatic carbocycles. The van der Waals surface area contributed by atoms with E-state index in [0.29, 0.717) is 39.0 Å². The number of benzene rings is 2. The minimum absolute atomic E-state index is 0.0693. The summed E-state index contributed by atoms with van der Waals surface area (Å²) in [4.78, 5) is 15.4. The highest BCUT2D eigenvalue weighted by Crippen LogP contribution is 2.36. The third kappa shape index (κ3) is 4.17. The van der Waals surface area contributed by atoms with Crippen LogP contribution in [0.15, 0.2) is 83.9 Å². The van der Waals surface area contributed by atoms with E-state index >= 15 is 0 Å². The molecule has 1 amide bonds. The predicted octanol–water partition coefficient (Wildman–Crippen LogP) is 3.13. The Morgan fingerprint density at radius 2 is 1.53 bits per heavy atom. The number of rotatable bonds is 5. The number of carbonyl (C=O) groups excluding carboxylic acids is 1. The minimum atomic E-state index is -3.75. The van der Waals surface area contributed by atoms with Crippen LogP contribution in [0.25, 0.3) is 0 Å². The van der Waals surface area contributed by atoms with E-state index in [1.165, 1.54) is 4.31 Å². The number of sulfonamides is 1. The van der Waals surface area contributed by atoms with Crippen LogP contribution in [-0.2, 0) is 27.0 Å². The molecule has 8 heteroatoms. The minimum Gasteiger partial charge on any atom is -0.385 e. The van der Waals surface area contributed by atoms with Gasteiger partial charge in [-0.05, 0) is 42.7 Å². The van der Waals surface area contributed by atoms with Gasteiger partial charge in [-0.15, -0.1) is 0 Å². The number of aliphatic hydroxyl groups is 1. The van der Waals surface area contributed by atoms with Crippen molar-refractivity contribution in [1.29, 1.82) is 0 Å². The fourth-order valence-electron chi connectivity index (χ4n) is 5.12. The van der Waals surface area contributed by atoms with Crippen molar-refractivity contribution in [2.45, 2.75) is 42.3 Å². The van der Waals surface area contributed by atoms with Crippen molar-refractivity contribution in [3.8, 4) is 0 Å². The van der Waals surface area contributed by atoms with Gasteiger partial charge in [0, 0.05) is 44.5 Å². The van der Waals surface area contributed by atoms with Crippen LogP contribution >= 0.6 is 0 Å². The van der Waals surface area contributed by atoms with E-state index in [1.807, 2.05) is 53.2 Å². The lowest BCUT2D eigenvalue weighted by Gasteiger charge is -2.40. The number of likely N-dealkylation sites (tertiary alicyclic amines) is 1. The van der Waals surface area contributed by atoms with Gasteiger partial charge in [0.25, 0.3) is 0 Å². The van der Waals surface area contributed by atoms with Gasteiger partial charge in [-0.25, -0.2) is 8.42 Å². The second-order valence-corrected chi connectivity index (χ2v) is 10.9. The Hall–Kier alpha value is -2.94. The molecule has 0 spiro atoms. The molecule has 2 aliphatic rings. The fraction of sp³-hybridized carbons (Fsp3) is 0.346. The average molecular weight is 480 g/mol. The van der Waals surface area contributed by atoms with Crippen molar-refractivity contribution < 1.29 is 18.3 Å². The predicted molar refractivity (Wildman–Crippen MR) is 128 cm³/mol. The normalized spacial score (nSPS) is 20.6. The van der Waals surface area contributed by atoms with E-state index in [4.69, 9.17) is 0 Å². The van der Waals surface area contributed by atoms with Crippen molar-refractivity contribution >= 4 is 15.9 Å². The molecule has 1 unspecified atom stereocenters. The number of carbonyl (C=O) groups is 1. The van der Waals surface area contributed by atoms with Crippen molar-refractivity contribution in [1.82, 2.24) is 13.8 Å². The summed E-state index contributed by atoms with van der Waals surface area (Å²) in [6, 6.07) is 21.2. The summed E-state index contributed by atoms with van der Waals surface area (Å²) in [5.74, 6) is -0.0944. The van der Waals surface area contributed by atoms with Crippen LogP contribution in [0, 0.1) is 0 Å². The van der Waals surface area contributed by atoms with E-state index in [9.17, 15) is 18.3 Å². The van der Waals surface area contributed by atoms with Crippen LogP contribution in [-0.4, -0.2) is 52.8 Å². The quantitative estimate of drug-likeness (QED) is 0.610. The zero-order valence-corrected chi connectivity index (χ0v) is 19.8.